The molecule has 3 rings (SSSR count). The van der Waals surface area contributed by atoms with E-state index in [1.54, 1.807) is 6.33 Å². The van der Waals surface area contributed by atoms with Crippen molar-refractivity contribution in [2.24, 2.45) is 5.41 Å². The highest BCUT2D eigenvalue weighted by molar-refractivity contribution is 6.42. The van der Waals surface area contributed by atoms with Crippen molar-refractivity contribution in [3.8, 4) is 0 Å². The van der Waals surface area contributed by atoms with E-state index in [4.69, 9.17) is 0 Å². The Morgan fingerprint density at radius 3 is 2.49 bits per heavy atom. The Kier molecular flexibility index (Phi) is 9.21. The average molecular weight is 509 g/mol. The van der Waals surface area contributed by atoms with Gasteiger partial charge >= 0.3 is 6.09 Å². The average Bonchev–Trinajstić information content (AvgIpc) is 3.52. The van der Waals surface area contributed by atoms with Crippen LogP contribution < -0.4 is 5.32 Å². The second kappa shape index (κ2) is 12.3. The third kappa shape index (κ3) is 7.52. The second-order valence-corrected chi connectivity index (χ2v) is 10.2. The lowest BCUT2D eigenvalue weighted by atomic mass is 9.84. The highest BCUT2D eigenvalue weighted by Crippen LogP contribution is 2.30. The summed E-state index contributed by atoms with van der Waals surface area (Å²) >= 11 is 0. The lowest BCUT2D eigenvalue weighted by Gasteiger charge is -2.42. The Hall–Kier alpha value is -3.95. The Morgan fingerprint density at radius 1 is 1.16 bits per heavy atom. The van der Waals surface area contributed by atoms with Crippen LogP contribution in [0.3, 0.4) is 0 Å². The van der Waals surface area contributed by atoms with Crippen molar-refractivity contribution in [3.63, 3.8) is 0 Å². The fraction of sp³-hybridized carbons (Fsp3) is 0.444. The molecule has 2 heterocycles. The predicted octanol–water partition coefficient (Wildman–Crippen LogP) is 4.36. The van der Waals surface area contributed by atoms with E-state index in [2.05, 4.69) is 20.5 Å². The number of nitrogens with one attached hydrogen (secondary N) is 2. The molecule has 0 bridgehead atoms. The molecule has 2 atom stereocenters. The lowest BCUT2D eigenvalue weighted by Crippen LogP contribution is -2.57. The largest absolute Gasteiger partial charge is 0.465 e. The fourth-order valence-electron chi connectivity index (χ4n) is 4.32. The zero-order chi connectivity index (χ0) is 27.0. The minimum Gasteiger partial charge on any atom is -0.465 e. The second-order valence-electron chi connectivity index (χ2n) is 10.2. The van der Waals surface area contributed by atoms with Crippen molar-refractivity contribution in [1.29, 1.82) is 0 Å². The molecule has 0 saturated carbocycles. The van der Waals surface area contributed by atoms with Gasteiger partial charge in [-0.15, -0.1) is 0 Å². The minimum absolute atomic E-state index is 0.244. The number of carbonyl (C=O) groups is 3. The Balaban J connectivity index is 1.88. The molecule has 0 unspecified atom stereocenters. The minimum atomic E-state index is -1.24. The summed E-state index contributed by atoms with van der Waals surface area (Å²) in [5, 5.41) is 19.2. The van der Waals surface area contributed by atoms with Crippen LogP contribution in [0.2, 0.25) is 0 Å². The summed E-state index contributed by atoms with van der Waals surface area (Å²) in [4.78, 5) is 44.5. The zero-order valence-electron chi connectivity index (χ0n) is 21.8. The van der Waals surface area contributed by atoms with Crippen molar-refractivity contribution < 1.29 is 19.5 Å². The van der Waals surface area contributed by atoms with E-state index in [0.717, 1.165) is 17.7 Å². The van der Waals surface area contributed by atoms with E-state index in [-0.39, 0.29) is 18.8 Å². The molecule has 0 saturated heterocycles. The van der Waals surface area contributed by atoms with Gasteiger partial charge < -0.3 is 15.0 Å². The van der Waals surface area contributed by atoms with Crippen LogP contribution in [-0.4, -0.2) is 59.6 Å². The monoisotopic (exact) mass is 508 g/mol. The number of Topliss-reactive ketones (excluding diaryl/α,β-unsaturated/α-hetero) is 1. The number of anilines is 1. The van der Waals surface area contributed by atoms with Crippen molar-refractivity contribution in [3.05, 3.63) is 66.4 Å². The van der Waals surface area contributed by atoms with E-state index in [1.807, 2.05) is 68.8 Å². The summed E-state index contributed by atoms with van der Waals surface area (Å²) in [6.07, 6.45) is 6.05. The number of H-pyrrole nitrogens is 1. The maximum Gasteiger partial charge on any atom is 0.408 e. The van der Waals surface area contributed by atoms with Gasteiger partial charge in [-0.3, -0.25) is 19.6 Å². The Bertz CT molecular complexity index is 1170. The van der Waals surface area contributed by atoms with Crippen molar-refractivity contribution in [2.45, 2.75) is 72.0 Å². The topological polar surface area (TPSA) is 133 Å². The molecular weight excluding hydrogens is 472 g/mol. The first-order chi connectivity index (χ1) is 17.6. The summed E-state index contributed by atoms with van der Waals surface area (Å²) < 4.78 is 1.86. The number of unbranched alkanes of at least 4 members (excludes halogenated alkanes) is 1. The third-order valence-electron chi connectivity index (χ3n) is 6.30. The molecule has 2 amide bonds. The van der Waals surface area contributed by atoms with Crippen molar-refractivity contribution >= 4 is 23.6 Å². The fourth-order valence-corrected chi connectivity index (χ4v) is 4.32. The molecule has 10 heteroatoms. The van der Waals surface area contributed by atoms with Crippen LogP contribution in [0.15, 0.2) is 55.1 Å². The number of amides is 2. The van der Waals surface area contributed by atoms with Crippen LogP contribution in [0.25, 0.3) is 0 Å². The normalized spacial score (nSPS) is 13.1. The summed E-state index contributed by atoms with van der Waals surface area (Å²) in [6, 6.07) is 9.76. The Labute approximate surface area is 217 Å². The van der Waals surface area contributed by atoms with Crippen LogP contribution in [0.5, 0.6) is 0 Å². The SMILES string of the molecule is CCCC[C@@H](C(=O)C(=O)Nc1ccn[nH]1)N(C(=O)O)[C@H](Cn1cnc(Cc2ccccc2)c1)C(C)(C)C. The number of carbonyl (C=O) groups excluding carboxylic acids is 2. The molecule has 0 fully saturated rings. The number of hydrogen-bond donors (Lipinski definition) is 3. The van der Waals surface area contributed by atoms with Gasteiger partial charge in [-0.05, 0) is 17.4 Å². The molecule has 0 aliphatic rings. The molecule has 0 radical (unpaired) electrons. The number of benzene rings is 1. The summed E-state index contributed by atoms with van der Waals surface area (Å²) in [6.45, 7) is 8.04. The molecule has 2 aromatic heterocycles. The zero-order valence-corrected chi connectivity index (χ0v) is 21.8. The van der Waals surface area contributed by atoms with Gasteiger partial charge in [-0.1, -0.05) is 70.9 Å². The number of hydrogen-bond acceptors (Lipinski definition) is 5. The van der Waals surface area contributed by atoms with Crippen molar-refractivity contribution in [2.75, 3.05) is 5.32 Å². The number of ketones is 1. The van der Waals surface area contributed by atoms with Crippen molar-refractivity contribution in [1.82, 2.24) is 24.6 Å². The molecule has 37 heavy (non-hydrogen) atoms. The molecule has 3 N–H and O–H groups in total. The summed E-state index contributed by atoms with van der Waals surface area (Å²) in [5.74, 6) is -1.40. The van der Waals surface area contributed by atoms with Gasteiger partial charge in [0, 0.05) is 25.2 Å². The first-order valence-corrected chi connectivity index (χ1v) is 12.5. The van der Waals surface area contributed by atoms with Crippen LogP contribution in [0, 0.1) is 5.41 Å². The van der Waals surface area contributed by atoms with Gasteiger partial charge in [0.1, 0.15) is 11.9 Å². The smallest absolute Gasteiger partial charge is 0.408 e. The van der Waals surface area contributed by atoms with Gasteiger partial charge in [0.2, 0.25) is 5.78 Å². The van der Waals surface area contributed by atoms with E-state index in [9.17, 15) is 19.5 Å². The summed E-state index contributed by atoms with van der Waals surface area (Å²) in [7, 11) is 0. The number of rotatable bonds is 12. The maximum atomic E-state index is 13.3. The van der Waals surface area contributed by atoms with E-state index in [1.165, 1.54) is 17.2 Å². The van der Waals surface area contributed by atoms with E-state index < -0.39 is 35.3 Å². The lowest BCUT2D eigenvalue weighted by molar-refractivity contribution is -0.139. The first-order valence-electron chi connectivity index (χ1n) is 12.5. The maximum absolute atomic E-state index is 13.3. The van der Waals surface area contributed by atoms with Crippen LogP contribution in [0.1, 0.15) is 58.2 Å². The molecule has 10 nitrogen and oxygen atoms in total. The summed E-state index contributed by atoms with van der Waals surface area (Å²) in [5.41, 5.74) is 1.45. The van der Waals surface area contributed by atoms with E-state index in [0.29, 0.717) is 12.8 Å². The van der Waals surface area contributed by atoms with Gasteiger partial charge in [0.15, 0.2) is 0 Å². The number of aromatic amines is 1. The Morgan fingerprint density at radius 2 is 1.89 bits per heavy atom. The van der Waals surface area contributed by atoms with Crippen LogP contribution in [-0.2, 0) is 22.6 Å². The molecule has 0 spiro atoms. The molecule has 3 aromatic rings. The van der Waals surface area contributed by atoms with E-state index >= 15 is 0 Å². The van der Waals surface area contributed by atoms with Gasteiger partial charge in [0.05, 0.1) is 24.3 Å². The molecule has 198 valence electrons. The molecule has 0 aliphatic heterocycles. The van der Waals surface area contributed by atoms with Gasteiger partial charge in [-0.2, -0.15) is 5.10 Å². The standard InChI is InChI=1S/C27H36N6O4/c1-5-6-12-21(24(34)25(35)30-23-13-14-29-31-23)33(26(36)37)22(27(2,3)4)17-32-16-20(28-18-32)15-19-10-8-7-9-11-19/h7-11,13-14,16,18,21-22H,5-6,12,15,17H2,1-4H3,(H,36,37)(H2,29,30,31,35)/t21-,22+/m0/s1. The molecule has 0 aliphatic carbocycles. The van der Waals surface area contributed by atoms with Gasteiger partial charge in [0.25, 0.3) is 5.91 Å². The number of carboxylic acid groups (broad SMARTS) is 1. The first kappa shape index (κ1) is 27.6. The van der Waals surface area contributed by atoms with Crippen LogP contribution in [0.4, 0.5) is 10.6 Å². The highest BCUT2D eigenvalue weighted by atomic mass is 16.4. The number of imidazole rings is 1. The molecular formula is C27H36N6O4. The van der Waals surface area contributed by atoms with Crippen LogP contribution >= 0.6 is 0 Å². The molecule has 1 aromatic carbocycles. The number of aromatic nitrogens is 4. The highest BCUT2D eigenvalue weighted by Gasteiger charge is 2.42. The third-order valence-corrected chi connectivity index (χ3v) is 6.30. The van der Waals surface area contributed by atoms with Gasteiger partial charge in [-0.25, -0.2) is 9.78 Å². The number of nitrogens with zero attached hydrogens (tertiary/aromatic N) is 4. The quantitative estimate of drug-likeness (QED) is 0.311. The predicted molar refractivity (Wildman–Crippen MR) is 140 cm³/mol.